The van der Waals surface area contributed by atoms with Crippen LogP contribution < -0.4 is 10.1 Å². The van der Waals surface area contributed by atoms with Crippen molar-refractivity contribution in [2.24, 2.45) is 0 Å². The van der Waals surface area contributed by atoms with Gasteiger partial charge < -0.3 is 19.7 Å². The van der Waals surface area contributed by atoms with Crippen LogP contribution in [0.15, 0.2) is 41.1 Å². The number of nitrogens with zero attached hydrogens (tertiary/aromatic N) is 1. The maximum atomic E-state index is 12.6. The summed E-state index contributed by atoms with van der Waals surface area (Å²) in [4.78, 5) is 14.4. The first-order valence-electron chi connectivity index (χ1n) is 8.09. The first kappa shape index (κ1) is 16.8. The lowest BCUT2D eigenvalue weighted by Crippen LogP contribution is -2.44. The van der Waals surface area contributed by atoms with E-state index in [1.54, 1.807) is 16.2 Å². The average Bonchev–Trinajstić information content (AvgIpc) is 3.11. The Morgan fingerprint density at radius 1 is 1.38 bits per heavy atom. The van der Waals surface area contributed by atoms with E-state index in [-0.39, 0.29) is 18.2 Å². The fourth-order valence-electron chi connectivity index (χ4n) is 2.61. The first-order chi connectivity index (χ1) is 11.6. The summed E-state index contributed by atoms with van der Waals surface area (Å²) in [7, 11) is 0. The van der Waals surface area contributed by atoms with Gasteiger partial charge in [-0.15, -0.1) is 0 Å². The Labute approximate surface area is 146 Å². The monoisotopic (exact) mass is 346 g/mol. The van der Waals surface area contributed by atoms with Crippen molar-refractivity contribution in [2.75, 3.05) is 25.0 Å². The van der Waals surface area contributed by atoms with Gasteiger partial charge in [0.1, 0.15) is 11.9 Å². The normalized spacial score (nSPS) is 17.8. The Morgan fingerprint density at radius 3 is 2.96 bits per heavy atom. The second kappa shape index (κ2) is 7.68. The third kappa shape index (κ3) is 4.07. The Hall–Kier alpha value is -2.05. The molecule has 0 radical (unpaired) electrons. The number of hydrogen-bond donors (Lipinski definition) is 1. The molecule has 2 heterocycles. The van der Waals surface area contributed by atoms with Gasteiger partial charge >= 0.3 is 6.03 Å². The Bertz CT molecular complexity index is 673. The molecule has 1 aromatic carbocycles. The van der Waals surface area contributed by atoms with Gasteiger partial charge in [-0.05, 0) is 48.4 Å². The third-order valence-corrected chi connectivity index (χ3v) is 4.46. The van der Waals surface area contributed by atoms with Crippen LogP contribution in [0.3, 0.4) is 0 Å². The maximum absolute atomic E-state index is 12.6. The van der Waals surface area contributed by atoms with E-state index >= 15 is 0 Å². The Kier molecular flexibility index (Phi) is 5.37. The van der Waals surface area contributed by atoms with E-state index in [0.717, 1.165) is 5.56 Å². The molecule has 2 aromatic rings. The summed E-state index contributed by atoms with van der Waals surface area (Å²) in [6.07, 6.45) is -0.00711. The second-order valence-electron chi connectivity index (χ2n) is 5.96. The van der Waals surface area contributed by atoms with Gasteiger partial charge in [0.25, 0.3) is 0 Å². The van der Waals surface area contributed by atoms with Crippen LogP contribution in [0.5, 0.6) is 5.75 Å². The van der Waals surface area contributed by atoms with E-state index in [1.165, 1.54) is 0 Å². The number of amides is 2. The van der Waals surface area contributed by atoms with Crippen LogP contribution in [0.1, 0.15) is 25.5 Å². The molecular formula is C18H22N2O3S. The molecule has 1 aromatic heterocycles. The molecule has 0 saturated carbocycles. The highest BCUT2D eigenvalue weighted by molar-refractivity contribution is 7.07. The molecular weight excluding hydrogens is 324 g/mol. The summed E-state index contributed by atoms with van der Waals surface area (Å²) in [6.45, 7) is 5.60. The number of ether oxygens (including phenoxy) is 2. The molecule has 0 spiro atoms. The van der Waals surface area contributed by atoms with E-state index < -0.39 is 0 Å². The standard InChI is InChI=1S/C18H22N2O3S/c1-13(2)23-16-6-4-3-5-15(16)19-18(21)20-8-9-22-17(11-20)14-7-10-24-12-14/h3-7,10,12-13,17H,8-9,11H2,1-2H3,(H,19,21). The largest absolute Gasteiger partial charge is 0.489 e. The van der Waals surface area contributed by atoms with Crippen LogP contribution in [0, 0.1) is 0 Å². The van der Waals surface area contributed by atoms with Crippen molar-refractivity contribution in [1.29, 1.82) is 0 Å². The SMILES string of the molecule is CC(C)Oc1ccccc1NC(=O)N1CCOC(c2ccsc2)C1. The minimum Gasteiger partial charge on any atom is -0.489 e. The molecule has 1 N–H and O–H groups in total. The number of urea groups is 1. The average molecular weight is 346 g/mol. The van der Waals surface area contributed by atoms with Crippen molar-refractivity contribution in [3.63, 3.8) is 0 Å². The molecule has 1 aliphatic heterocycles. The number of carbonyl (C=O) groups is 1. The van der Waals surface area contributed by atoms with E-state index in [4.69, 9.17) is 9.47 Å². The zero-order chi connectivity index (χ0) is 16.9. The van der Waals surface area contributed by atoms with Gasteiger partial charge in [-0.1, -0.05) is 12.1 Å². The van der Waals surface area contributed by atoms with Crippen molar-refractivity contribution in [3.05, 3.63) is 46.7 Å². The van der Waals surface area contributed by atoms with Gasteiger partial charge in [-0.25, -0.2) is 4.79 Å². The number of anilines is 1. The summed E-state index contributed by atoms with van der Waals surface area (Å²) < 4.78 is 11.5. The quantitative estimate of drug-likeness (QED) is 0.905. The molecule has 1 aliphatic rings. The van der Waals surface area contributed by atoms with Crippen LogP contribution in [0.25, 0.3) is 0 Å². The zero-order valence-corrected chi connectivity index (χ0v) is 14.7. The van der Waals surface area contributed by atoms with Crippen LogP contribution in [0.2, 0.25) is 0 Å². The number of thiophene rings is 1. The smallest absolute Gasteiger partial charge is 0.322 e. The van der Waals surface area contributed by atoms with E-state index in [0.29, 0.717) is 31.1 Å². The first-order valence-corrected chi connectivity index (χ1v) is 9.03. The van der Waals surface area contributed by atoms with Crippen molar-refractivity contribution < 1.29 is 14.3 Å². The number of para-hydroxylation sites is 2. The molecule has 1 atom stereocenters. The lowest BCUT2D eigenvalue weighted by atomic mass is 10.1. The summed E-state index contributed by atoms with van der Waals surface area (Å²) in [5.41, 5.74) is 1.82. The van der Waals surface area contributed by atoms with Crippen LogP contribution >= 0.6 is 11.3 Å². The number of nitrogens with one attached hydrogen (secondary N) is 1. The van der Waals surface area contributed by atoms with Crippen molar-refractivity contribution in [3.8, 4) is 5.75 Å². The fraction of sp³-hybridized carbons (Fsp3) is 0.389. The lowest BCUT2D eigenvalue weighted by molar-refractivity contribution is -0.0132. The van der Waals surface area contributed by atoms with Crippen molar-refractivity contribution >= 4 is 23.1 Å². The van der Waals surface area contributed by atoms with Gasteiger partial charge in [-0.2, -0.15) is 11.3 Å². The Morgan fingerprint density at radius 2 is 2.21 bits per heavy atom. The molecule has 3 rings (SSSR count). The number of hydrogen-bond acceptors (Lipinski definition) is 4. The molecule has 5 nitrogen and oxygen atoms in total. The van der Waals surface area contributed by atoms with Gasteiger partial charge in [0, 0.05) is 6.54 Å². The van der Waals surface area contributed by atoms with Crippen molar-refractivity contribution in [2.45, 2.75) is 26.1 Å². The summed E-state index contributed by atoms with van der Waals surface area (Å²) in [6, 6.07) is 9.42. The molecule has 24 heavy (non-hydrogen) atoms. The number of benzene rings is 1. The van der Waals surface area contributed by atoms with Gasteiger partial charge in [0.15, 0.2) is 0 Å². The zero-order valence-electron chi connectivity index (χ0n) is 13.9. The number of carbonyl (C=O) groups excluding carboxylic acids is 1. The van der Waals surface area contributed by atoms with E-state index in [2.05, 4.69) is 10.7 Å². The topological polar surface area (TPSA) is 50.8 Å². The van der Waals surface area contributed by atoms with Crippen LogP contribution in [0.4, 0.5) is 10.5 Å². The molecule has 1 saturated heterocycles. The summed E-state index contributed by atoms with van der Waals surface area (Å²) in [5.74, 6) is 0.684. The van der Waals surface area contributed by atoms with E-state index in [1.807, 2.05) is 49.6 Å². The molecule has 2 amide bonds. The van der Waals surface area contributed by atoms with Crippen LogP contribution in [-0.2, 0) is 4.74 Å². The molecule has 128 valence electrons. The highest BCUT2D eigenvalue weighted by Crippen LogP contribution is 2.27. The van der Waals surface area contributed by atoms with Crippen molar-refractivity contribution in [1.82, 2.24) is 4.90 Å². The minimum absolute atomic E-state index is 0.0504. The lowest BCUT2D eigenvalue weighted by Gasteiger charge is -2.33. The highest BCUT2D eigenvalue weighted by atomic mass is 32.1. The third-order valence-electron chi connectivity index (χ3n) is 3.76. The van der Waals surface area contributed by atoms with Gasteiger partial charge in [-0.3, -0.25) is 0 Å². The van der Waals surface area contributed by atoms with Crippen LogP contribution in [-0.4, -0.2) is 36.7 Å². The molecule has 1 unspecified atom stereocenters. The van der Waals surface area contributed by atoms with E-state index in [9.17, 15) is 4.79 Å². The summed E-state index contributed by atoms with van der Waals surface area (Å²) in [5, 5.41) is 7.05. The number of morpholine rings is 1. The maximum Gasteiger partial charge on any atom is 0.322 e. The second-order valence-corrected chi connectivity index (χ2v) is 6.74. The molecule has 1 fully saturated rings. The van der Waals surface area contributed by atoms with Gasteiger partial charge in [0.2, 0.25) is 0 Å². The fourth-order valence-corrected chi connectivity index (χ4v) is 3.32. The predicted octanol–water partition coefficient (Wildman–Crippen LogP) is 4.14. The minimum atomic E-state index is -0.127. The molecule has 6 heteroatoms. The molecule has 0 aliphatic carbocycles. The molecule has 0 bridgehead atoms. The number of rotatable bonds is 4. The Balaban J connectivity index is 1.66. The predicted molar refractivity (Wildman–Crippen MR) is 95.8 cm³/mol. The van der Waals surface area contributed by atoms with Gasteiger partial charge in [0.05, 0.1) is 24.9 Å². The highest BCUT2D eigenvalue weighted by Gasteiger charge is 2.26. The summed E-state index contributed by atoms with van der Waals surface area (Å²) >= 11 is 1.64.